The normalized spacial score (nSPS) is 15.9. The van der Waals surface area contributed by atoms with Gasteiger partial charge in [-0.3, -0.25) is 9.69 Å². The molecule has 0 spiro atoms. The van der Waals surface area contributed by atoms with E-state index in [9.17, 15) is 4.79 Å². The number of piperidine rings is 1. The maximum absolute atomic E-state index is 12.9. The summed E-state index contributed by atoms with van der Waals surface area (Å²) in [5, 5.41) is 3.97. The van der Waals surface area contributed by atoms with Gasteiger partial charge < -0.3 is 14.6 Å². The van der Waals surface area contributed by atoms with Crippen LogP contribution in [0.4, 0.5) is 0 Å². The lowest BCUT2D eigenvalue weighted by molar-refractivity contribution is -0.122. The van der Waals surface area contributed by atoms with Crippen molar-refractivity contribution in [2.45, 2.75) is 37.9 Å². The molecule has 1 aliphatic heterocycles. The zero-order valence-electron chi connectivity index (χ0n) is 18.4. The lowest BCUT2D eigenvalue weighted by Crippen LogP contribution is -2.44. The average Bonchev–Trinajstić information content (AvgIpc) is 3.35. The van der Waals surface area contributed by atoms with Crippen LogP contribution in [0.25, 0.3) is 0 Å². The average molecular weight is 452 g/mol. The number of carbonyl (C=O) groups excluding carboxylic acids is 1. The van der Waals surface area contributed by atoms with Crippen LogP contribution < -0.4 is 10.1 Å². The fourth-order valence-corrected chi connectivity index (χ4v) is 4.45. The van der Waals surface area contributed by atoms with Crippen LogP contribution >= 0.6 is 11.6 Å². The molecule has 4 rings (SSSR count). The molecule has 0 unspecified atom stereocenters. The third-order valence-electron chi connectivity index (χ3n) is 6.14. The molecule has 1 atom stereocenters. The summed E-state index contributed by atoms with van der Waals surface area (Å²) in [6.45, 7) is 2.89. The molecule has 3 aromatic rings. The van der Waals surface area contributed by atoms with Gasteiger partial charge in [0.2, 0.25) is 5.91 Å². The van der Waals surface area contributed by atoms with Gasteiger partial charge in [0, 0.05) is 43.1 Å². The smallest absolute Gasteiger partial charge is 0.222 e. The van der Waals surface area contributed by atoms with E-state index in [-0.39, 0.29) is 18.0 Å². The van der Waals surface area contributed by atoms with Crippen molar-refractivity contribution in [3.63, 3.8) is 0 Å². The van der Waals surface area contributed by atoms with Crippen LogP contribution in [0.3, 0.4) is 0 Å². The van der Waals surface area contributed by atoms with Crippen LogP contribution in [0, 0.1) is 0 Å². The molecule has 1 aliphatic rings. The number of halogens is 1. The van der Waals surface area contributed by atoms with Crippen molar-refractivity contribution >= 4 is 17.5 Å². The van der Waals surface area contributed by atoms with Crippen molar-refractivity contribution in [3.05, 3.63) is 89.2 Å². The predicted molar refractivity (Wildman–Crippen MR) is 128 cm³/mol. The fraction of sp³-hybridized carbons (Fsp3) is 0.346. The van der Waals surface area contributed by atoms with Crippen molar-refractivity contribution in [1.82, 2.24) is 14.8 Å². The molecular formula is C26H30ClN3O2. The third kappa shape index (κ3) is 5.93. The minimum absolute atomic E-state index is 0.0440. The summed E-state index contributed by atoms with van der Waals surface area (Å²) in [6.07, 6.45) is 6.35. The first kappa shape index (κ1) is 22.4. The van der Waals surface area contributed by atoms with E-state index in [0.29, 0.717) is 11.4 Å². The first-order valence-corrected chi connectivity index (χ1v) is 11.5. The summed E-state index contributed by atoms with van der Waals surface area (Å²) in [5.41, 5.74) is 2.36. The van der Waals surface area contributed by atoms with Gasteiger partial charge in [-0.15, -0.1) is 0 Å². The van der Waals surface area contributed by atoms with E-state index in [1.165, 1.54) is 5.56 Å². The van der Waals surface area contributed by atoms with Gasteiger partial charge in [-0.2, -0.15) is 0 Å². The van der Waals surface area contributed by atoms with E-state index in [1.54, 1.807) is 7.11 Å². The van der Waals surface area contributed by atoms with Gasteiger partial charge in [0.15, 0.2) is 0 Å². The monoisotopic (exact) mass is 451 g/mol. The molecule has 1 N–H and O–H groups in total. The van der Waals surface area contributed by atoms with Crippen LogP contribution in [0.15, 0.2) is 73.1 Å². The van der Waals surface area contributed by atoms with Crippen LogP contribution in [0.2, 0.25) is 5.02 Å². The maximum Gasteiger partial charge on any atom is 0.222 e. The van der Waals surface area contributed by atoms with Gasteiger partial charge >= 0.3 is 0 Å². The van der Waals surface area contributed by atoms with Gasteiger partial charge in [0.1, 0.15) is 5.75 Å². The van der Waals surface area contributed by atoms with Crippen molar-refractivity contribution in [1.29, 1.82) is 0 Å². The summed E-state index contributed by atoms with van der Waals surface area (Å²) in [7, 11) is 1.68. The first-order chi connectivity index (χ1) is 15.6. The molecule has 168 valence electrons. The van der Waals surface area contributed by atoms with Gasteiger partial charge in [-0.1, -0.05) is 35.9 Å². The van der Waals surface area contributed by atoms with E-state index in [0.717, 1.165) is 43.8 Å². The highest BCUT2D eigenvalue weighted by atomic mass is 35.5. The van der Waals surface area contributed by atoms with Gasteiger partial charge in [0.05, 0.1) is 19.6 Å². The predicted octanol–water partition coefficient (Wildman–Crippen LogP) is 4.91. The number of amides is 1. The highest BCUT2D eigenvalue weighted by molar-refractivity contribution is 6.30. The Morgan fingerprint density at radius 2 is 1.72 bits per heavy atom. The van der Waals surface area contributed by atoms with Crippen molar-refractivity contribution in [3.8, 4) is 5.75 Å². The number of hydrogen-bond acceptors (Lipinski definition) is 3. The second kappa shape index (κ2) is 10.7. The zero-order valence-corrected chi connectivity index (χ0v) is 19.2. The molecule has 0 radical (unpaired) electrons. The highest BCUT2D eigenvalue weighted by Gasteiger charge is 2.23. The molecule has 0 saturated carbocycles. The number of carbonyl (C=O) groups is 1. The molecule has 2 heterocycles. The molecule has 0 bridgehead atoms. The molecule has 2 aromatic carbocycles. The van der Waals surface area contributed by atoms with Crippen molar-refractivity contribution in [2.75, 3.05) is 20.2 Å². The quantitative estimate of drug-likeness (QED) is 0.529. The van der Waals surface area contributed by atoms with Gasteiger partial charge in [0.25, 0.3) is 0 Å². The lowest BCUT2D eigenvalue weighted by Gasteiger charge is -2.32. The molecule has 1 amide bonds. The van der Waals surface area contributed by atoms with Crippen LogP contribution in [-0.2, 0) is 11.3 Å². The van der Waals surface area contributed by atoms with Crippen LogP contribution in [0.5, 0.6) is 5.75 Å². The maximum atomic E-state index is 12.9. The summed E-state index contributed by atoms with van der Waals surface area (Å²) in [6, 6.07) is 20.1. The summed E-state index contributed by atoms with van der Waals surface area (Å²) >= 11 is 6.06. The van der Waals surface area contributed by atoms with E-state index in [1.807, 2.05) is 60.9 Å². The number of rotatable bonds is 8. The Hall–Kier alpha value is -2.76. The first-order valence-electron chi connectivity index (χ1n) is 11.1. The SMILES string of the molecule is COc1ccc(CN2CCC(NC(=O)C[C@@H](c3ccc(Cl)cc3)n3cccc3)CC2)cc1. The zero-order chi connectivity index (χ0) is 22.3. The number of ether oxygens (including phenoxy) is 1. The largest absolute Gasteiger partial charge is 0.497 e. The Balaban J connectivity index is 1.29. The standard InChI is InChI=1S/C26H30ClN3O2/c1-32-24-10-4-20(5-11-24)19-29-16-12-23(13-17-29)28-26(31)18-25(30-14-2-3-15-30)21-6-8-22(27)9-7-21/h2-11,14-15,23,25H,12-13,16-19H2,1H3,(H,28,31)/t25-/m0/s1. The minimum Gasteiger partial charge on any atom is -0.497 e. The number of nitrogens with zero attached hydrogens (tertiary/aromatic N) is 2. The van der Waals surface area contributed by atoms with Crippen molar-refractivity contribution < 1.29 is 9.53 Å². The molecule has 32 heavy (non-hydrogen) atoms. The molecule has 0 aliphatic carbocycles. The second-order valence-electron chi connectivity index (χ2n) is 8.37. The van der Waals surface area contributed by atoms with Crippen molar-refractivity contribution in [2.24, 2.45) is 0 Å². The Morgan fingerprint density at radius 1 is 1.06 bits per heavy atom. The molecule has 1 fully saturated rings. The molecule has 1 saturated heterocycles. The number of benzene rings is 2. The number of hydrogen-bond donors (Lipinski definition) is 1. The number of methoxy groups -OCH3 is 1. The van der Waals surface area contributed by atoms with E-state index in [2.05, 4.69) is 26.9 Å². The summed E-state index contributed by atoms with van der Waals surface area (Å²) < 4.78 is 7.32. The van der Waals surface area contributed by atoms with E-state index < -0.39 is 0 Å². The summed E-state index contributed by atoms with van der Waals surface area (Å²) in [4.78, 5) is 15.4. The van der Waals surface area contributed by atoms with Crippen LogP contribution in [0.1, 0.15) is 36.4 Å². The molecule has 6 heteroatoms. The van der Waals surface area contributed by atoms with Gasteiger partial charge in [-0.25, -0.2) is 0 Å². The lowest BCUT2D eigenvalue weighted by atomic mass is 10.0. The Labute approximate surface area is 194 Å². The highest BCUT2D eigenvalue weighted by Crippen LogP contribution is 2.24. The van der Waals surface area contributed by atoms with Gasteiger partial charge in [-0.05, 0) is 60.4 Å². The number of nitrogens with one attached hydrogen (secondary N) is 1. The fourth-order valence-electron chi connectivity index (χ4n) is 4.32. The van der Waals surface area contributed by atoms with Crippen LogP contribution in [-0.4, -0.2) is 41.6 Å². The third-order valence-corrected chi connectivity index (χ3v) is 6.39. The Kier molecular flexibility index (Phi) is 7.51. The second-order valence-corrected chi connectivity index (χ2v) is 8.80. The number of aromatic nitrogens is 1. The van der Waals surface area contributed by atoms with E-state index >= 15 is 0 Å². The minimum atomic E-state index is -0.0440. The topological polar surface area (TPSA) is 46.5 Å². The summed E-state index contributed by atoms with van der Waals surface area (Å²) in [5.74, 6) is 0.972. The van der Waals surface area contributed by atoms with E-state index in [4.69, 9.17) is 16.3 Å². The Morgan fingerprint density at radius 3 is 2.34 bits per heavy atom. The molecule has 1 aromatic heterocycles. The number of likely N-dealkylation sites (tertiary alicyclic amines) is 1. The molecular weight excluding hydrogens is 422 g/mol. The molecule has 5 nitrogen and oxygen atoms in total. The Bertz CT molecular complexity index is 979.